The number of rotatable bonds is 12. The van der Waals surface area contributed by atoms with Crippen molar-refractivity contribution in [1.29, 1.82) is 0 Å². The maximum absolute atomic E-state index is 13.1. The second-order valence-corrected chi connectivity index (χ2v) is 12.3. The van der Waals surface area contributed by atoms with E-state index in [0.29, 0.717) is 0 Å². The topological polar surface area (TPSA) is 71.1 Å². The van der Waals surface area contributed by atoms with Crippen LogP contribution >= 0.6 is 0 Å². The summed E-state index contributed by atoms with van der Waals surface area (Å²) >= 11 is 0. The zero-order valence-corrected chi connectivity index (χ0v) is 24.8. The first kappa shape index (κ1) is 30.3. The Hall–Kier alpha value is -3.65. The Morgan fingerprint density at radius 2 is 1.00 bits per heavy atom. The molecule has 4 rings (SSSR count). The smallest absolute Gasteiger partial charge is 0.152 e. The number of allylic oxidation sites excluding steroid dienone is 4. The van der Waals surface area contributed by atoms with E-state index >= 15 is 0 Å². The van der Waals surface area contributed by atoms with Crippen molar-refractivity contribution in [3.8, 4) is 11.5 Å². The number of hydrogen-bond acceptors (Lipinski definition) is 6. The summed E-state index contributed by atoms with van der Waals surface area (Å²) < 4.78 is 48.7. The molecule has 0 aromatic heterocycles. The SMILES string of the molecule is COc1ccccc1/C=C/C1(OC)C=CC(CS(=O)(=O)CC2C=CC(/C=C/c3ccccc3OC)(OC)C=C2)C=C1. The molecule has 0 saturated carbocycles. The van der Waals surface area contributed by atoms with Crippen LogP contribution in [-0.4, -0.2) is 59.6 Å². The van der Waals surface area contributed by atoms with Crippen LogP contribution in [0.25, 0.3) is 12.2 Å². The van der Waals surface area contributed by atoms with E-state index < -0.39 is 21.0 Å². The fraction of sp³-hybridized carbons (Fsp3) is 0.294. The minimum absolute atomic E-state index is 0.0251. The van der Waals surface area contributed by atoms with E-state index in [0.717, 1.165) is 22.6 Å². The molecular formula is C34H38O6S. The molecule has 6 nitrogen and oxygen atoms in total. The Morgan fingerprint density at radius 1 is 0.634 bits per heavy atom. The van der Waals surface area contributed by atoms with Gasteiger partial charge >= 0.3 is 0 Å². The van der Waals surface area contributed by atoms with Gasteiger partial charge in [0.25, 0.3) is 0 Å². The summed E-state index contributed by atoms with van der Waals surface area (Å²) in [6, 6.07) is 15.5. The third kappa shape index (κ3) is 7.76. The van der Waals surface area contributed by atoms with Gasteiger partial charge in [-0.3, -0.25) is 0 Å². The number of benzene rings is 2. The molecule has 0 bridgehead atoms. The molecular weight excluding hydrogens is 536 g/mol. The van der Waals surface area contributed by atoms with Crippen molar-refractivity contribution in [1.82, 2.24) is 0 Å². The average Bonchev–Trinajstić information content (AvgIpc) is 3.00. The molecule has 2 aromatic carbocycles. The summed E-state index contributed by atoms with van der Waals surface area (Å²) in [4.78, 5) is 0. The molecule has 7 heteroatoms. The Balaban J connectivity index is 1.37. The summed E-state index contributed by atoms with van der Waals surface area (Å²) in [5.41, 5.74) is 0.353. The fourth-order valence-electron chi connectivity index (χ4n) is 4.89. The fourth-order valence-corrected chi connectivity index (χ4v) is 6.64. The van der Waals surface area contributed by atoms with Gasteiger partial charge in [-0.25, -0.2) is 8.42 Å². The van der Waals surface area contributed by atoms with Crippen molar-refractivity contribution in [2.75, 3.05) is 39.9 Å². The first-order chi connectivity index (χ1) is 19.7. The van der Waals surface area contributed by atoms with Crippen molar-refractivity contribution in [3.05, 3.63) is 120 Å². The highest BCUT2D eigenvalue weighted by atomic mass is 32.2. The van der Waals surface area contributed by atoms with Crippen molar-refractivity contribution >= 4 is 22.0 Å². The van der Waals surface area contributed by atoms with E-state index in [2.05, 4.69) is 0 Å². The molecule has 0 N–H and O–H groups in total. The van der Waals surface area contributed by atoms with Crippen molar-refractivity contribution in [2.45, 2.75) is 11.2 Å². The second-order valence-electron chi connectivity index (χ2n) is 10.1. The van der Waals surface area contributed by atoms with Crippen LogP contribution in [0.2, 0.25) is 0 Å². The third-order valence-electron chi connectivity index (χ3n) is 7.34. The molecule has 0 spiro atoms. The van der Waals surface area contributed by atoms with Gasteiger partial charge in [0.2, 0.25) is 0 Å². The van der Waals surface area contributed by atoms with Crippen molar-refractivity contribution < 1.29 is 27.4 Å². The highest BCUT2D eigenvalue weighted by Gasteiger charge is 2.29. The number of sulfone groups is 1. The van der Waals surface area contributed by atoms with Crippen LogP contribution in [0.15, 0.2) is 109 Å². The maximum Gasteiger partial charge on any atom is 0.152 e. The second kappa shape index (κ2) is 13.3. The van der Waals surface area contributed by atoms with E-state index in [4.69, 9.17) is 18.9 Å². The average molecular weight is 575 g/mol. The molecule has 0 aliphatic heterocycles. The molecule has 0 amide bonds. The summed E-state index contributed by atoms with van der Waals surface area (Å²) in [7, 11) is 3.18. The monoisotopic (exact) mass is 574 g/mol. The van der Waals surface area contributed by atoms with Gasteiger partial charge in [0.05, 0.1) is 25.7 Å². The number of para-hydroxylation sites is 2. The lowest BCUT2D eigenvalue weighted by Crippen LogP contribution is -2.29. The van der Waals surface area contributed by atoms with Crippen LogP contribution < -0.4 is 9.47 Å². The van der Waals surface area contributed by atoms with E-state index in [1.165, 1.54) is 0 Å². The van der Waals surface area contributed by atoms with Gasteiger partial charge in [0.1, 0.15) is 22.7 Å². The molecule has 2 aliphatic carbocycles. The van der Waals surface area contributed by atoms with Crippen LogP contribution in [0.5, 0.6) is 11.5 Å². The third-order valence-corrected chi connectivity index (χ3v) is 9.13. The van der Waals surface area contributed by atoms with Crippen LogP contribution in [0.3, 0.4) is 0 Å². The number of hydrogen-bond donors (Lipinski definition) is 0. The predicted octanol–water partition coefficient (Wildman–Crippen LogP) is 6.10. The van der Waals surface area contributed by atoms with Gasteiger partial charge in [0, 0.05) is 37.2 Å². The quantitative estimate of drug-likeness (QED) is 0.285. The van der Waals surface area contributed by atoms with E-state index in [1.807, 2.05) is 121 Å². The maximum atomic E-state index is 13.1. The summed E-state index contributed by atoms with van der Waals surface area (Å²) in [6.45, 7) is 0. The number of methoxy groups -OCH3 is 4. The van der Waals surface area contributed by atoms with Crippen LogP contribution in [0.4, 0.5) is 0 Å². The van der Waals surface area contributed by atoms with Gasteiger partial charge < -0.3 is 18.9 Å². The molecule has 0 radical (unpaired) electrons. The first-order valence-corrected chi connectivity index (χ1v) is 15.3. The van der Waals surface area contributed by atoms with Crippen LogP contribution in [0.1, 0.15) is 11.1 Å². The lowest BCUT2D eigenvalue weighted by Gasteiger charge is -2.28. The Kier molecular flexibility index (Phi) is 9.86. The van der Waals surface area contributed by atoms with Gasteiger partial charge in [0.15, 0.2) is 9.84 Å². The Labute approximate surface area is 243 Å². The Morgan fingerprint density at radius 3 is 1.34 bits per heavy atom. The van der Waals surface area contributed by atoms with Crippen molar-refractivity contribution in [2.24, 2.45) is 11.8 Å². The summed E-state index contributed by atoms with van der Waals surface area (Å²) in [5.74, 6) is 1.12. The molecule has 2 aromatic rings. The van der Waals surface area contributed by atoms with Gasteiger partial charge in [-0.05, 0) is 48.6 Å². The molecule has 0 saturated heterocycles. The molecule has 0 unspecified atom stereocenters. The van der Waals surface area contributed by atoms with E-state index in [9.17, 15) is 8.42 Å². The predicted molar refractivity (Wildman–Crippen MR) is 166 cm³/mol. The highest BCUT2D eigenvalue weighted by molar-refractivity contribution is 7.91. The standard InChI is InChI=1S/C34H38O6S/c1-37-31-11-7-5-9-29(31)17-23-33(39-3)19-13-27(14-20-33)25-41(35,36)26-28-15-21-34(40-4,22-16-28)24-18-30-10-6-8-12-32(30)38-2/h5-24,27-28H,25-26H2,1-4H3/b23-17+,24-18+. The minimum Gasteiger partial charge on any atom is -0.496 e. The normalized spacial score (nSPS) is 25.8. The van der Waals surface area contributed by atoms with Crippen LogP contribution in [0, 0.1) is 11.8 Å². The zero-order valence-electron chi connectivity index (χ0n) is 24.0. The minimum atomic E-state index is -3.35. The molecule has 0 fully saturated rings. The first-order valence-electron chi connectivity index (χ1n) is 13.5. The molecule has 0 atom stereocenters. The largest absolute Gasteiger partial charge is 0.496 e. The summed E-state index contributed by atoms with van der Waals surface area (Å²) in [6.07, 6.45) is 23.0. The van der Waals surface area contributed by atoms with Gasteiger partial charge in [-0.2, -0.15) is 0 Å². The molecule has 41 heavy (non-hydrogen) atoms. The molecule has 216 valence electrons. The molecule has 2 aliphatic rings. The van der Waals surface area contributed by atoms with E-state index in [1.54, 1.807) is 28.4 Å². The molecule has 0 heterocycles. The van der Waals surface area contributed by atoms with Gasteiger partial charge in [-0.1, -0.05) is 72.9 Å². The lowest BCUT2D eigenvalue weighted by atomic mass is 9.92. The number of ether oxygens (including phenoxy) is 4. The Bertz CT molecular complexity index is 1340. The lowest BCUT2D eigenvalue weighted by molar-refractivity contribution is 0.114. The van der Waals surface area contributed by atoms with Crippen LogP contribution in [-0.2, 0) is 19.3 Å². The van der Waals surface area contributed by atoms with Crippen molar-refractivity contribution in [3.63, 3.8) is 0 Å². The highest BCUT2D eigenvalue weighted by Crippen LogP contribution is 2.30. The van der Waals surface area contributed by atoms with E-state index in [-0.39, 0.29) is 23.3 Å². The zero-order chi connectivity index (χ0) is 29.3. The van der Waals surface area contributed by atoms with Gasteiger partial charge in [-0.15, -0.1) is 0 Å². The summed E-state index contributed by atoms with van der Waals surface area (Å²) in [5, 5.41) is 0.